The fourth-order valence-corrected chi connectivity index (χ4v) is 3.35. The second-order valence-electron chi connectivity index (χ2n) is 5.18. The fourth-order valence-electron chi connectivity index (χ4n) is 2.31. The second kappa shape index (κ2) is 6.91. The third-order valence-corrected chi connectivity index (χ3v) is 4.84. The van der Waals surface area contributed by atoms with E-state index in [-0.39, 0.29) is 11.6 Å². The Hall–Kier alpha value is -1.60. The first-order chi connectivity index (χ1) is 9.99. The smallest absolute Gasteiger partial charge is 0.338 e. The topological polar surface area (TPSA) is 87.7 Å². The van der Waals surface area contributed by atoms with Crippen molar-refractivity contribution in [2.45, 2.75) is 26.7 Å². The number of hydrogen-bond acceptors (Lipinski definition) is 4. The van der Waals surface area contributed by atoms with E-state index in [9.17, 15) is 14.7 Å². The van der Waals surface area contributed by atoms with E-state index < -0.39 is 5.97 Å². The molecule has 0 bridgehead atoms. The van der Waals surface area contributed by atoms with Gasteiger partial charge in [-0.25, -0.2) is 9.59 Å². The van der Waals surface area contributed by atoms with E-state index >= 15 is 0 Å². The molecule has 21 heavy (non-hydrogen) atoms. The minimum absolute atomic E-state index is 0.179. The molecule has 1 aliphatic heterocycles. The molecule has 116 valence electrons. The van der Waals surface area contributed by atoms with Crippen molar-refractivity contribution in [1.29, 1.82) is 0 Å². The highest BCUT2D eigenvalue weighted by atomic mass is 32.1. The molecule has 0 atom stereocenters. The second-order valence-corrected chi connectivity index (χ2v) is 6.41. The number of nitrogens with one attached hydrogen (secondary N) is 2. The lowest BCUT2D eigenvalue weighted by atomic mass is 10.0. The number of carboxylic acid groups (broad SMARTS) is 1. The normalized spacial score (nSPS) is 15.7. The van der Waals surface area contributed by atoms with Crippen LogP contribution in [0, 0.1) is 19.8 Å². The van der Waals surface area contributed by atoms with E-state index in [0.29, 0.717) is 23.0 Å². The summed E-state index contributed by atoms with van der Waals surface area (Å²) in [6, 6.07) is -0.356. The zero-order chi connectivity index (χ0) is 15.4. The number of hydrogen-bond donors (Lipinski definition) is 3. The van der Waals surface area contributed by atoms with Gasteiger partial charge in [0.2, 0.25) is 0 Å². The van der Waals surface area contributed by atoms with Crippen LogP contribution in [0.25, 0.3) is 0 Å². The monoisotopic (exact) mass is 312 g/mol. The Morgan fingerprint density at radius 1 is 1.33 bits per heavy atom. The largest absolute Gasteiger partial charge is 0.478 e. The molecule has 7 heteroatoms. The molecule has 1 aromatic heterocycles. The molecule has 1 aromatic rings. The van der Waals surface area contributed by atoms with E-state index in [1.54, 1.807) is 6.92 Å². The number of ether oxygens (including phenoxy) is 1. The van der Waals surface area contributed by atoms with Gasteiger partial charge in [0.15, 0.2) is 0 Å². The van der Waals surface area contributed by atoms with Gasteiger partial charge in [0, 0.05) is 24.6 Å². The van der Waals surface area contributed by atoms with Crippen LogP contribution in [0.15, 0.2) is 0 Å². The van der Waals surface area contributed by atoms with Gasteiger partial charge in [0.1, 0.15) is 5.00 Å². The van der Waals surface area contributed by atoms with Crippen LogP contribution in [0.5, 0.6) is 0 Å². The van der Waals surface area contributed by atoms with Gasteiger partial charge in [-0.15, -0.1) is 11.3 Å². The van der Waals surface area contributed by atoms with Gasteiger partial charge in [-0.05, 0) is 38.2 Å². The Bertz CT molecular complexity index is 535. The van der Waals surface area contributed by atoms with Crippen LogP contribution < -0.4 is 10.6 Å². The summed E-state index contributed by atoms with van der Waals surface area (Å²) < 4.78 is 5.27. The number of amides is 2. The number of rotatable bonds is 4. The van der Waals surface area contributed by atoms with Crippen LogP contribution >= 0.6 is 11.3 Å². The van der Waals surface area contributed by atoms with Crippen LogP contribution in [0.3, 0.4) is 0 Å². The summed E-state index contributed by atoms with van der Waals surface area (Å²) in [5.41, 5.74) is 0.881. The molecule has 1 fully saturated rings. The van der Waals surface area contributed by atoms with E-state index in [1.807, 2.05) is 6.92 Å². The molecule has 0 radical (unpaired) electrons. The van der Waals surface area contributed by atoms with Gasteiger partial charge in [-0.3, -0.25) is 5.32 Å². The van der Waals surface area contributed by atoms with E-state index in [2.05, 4.69) is 10.6 Å². The number of carbonyl (C=O) groups is 2. The van der Waals surface area contributed by atoms with Crippen molar-refractivity contribution in [3.63, 3.8) is 0 Å². The Labute approximate surface area is 127 Å². The lowest BCUT2D eigenvalue weighted by Gasteiger charge is -2.22. The van der Waals surface area contributed by atoms with Crippen LogP contribution in [0.1, 0.15) is 33.6 Å². The Balaban J connectivity index is 1.93. The molecule has 1 aliphatic rings. The molecule has 0 saturated carbocycles. The highest BCUT2D eigenvalue weighted by Gasteiger charge is 2.21. The number of thiophene rings is 1. The molecule has 0 spiro atoms. The predicted octanol–water partition coefficient (Wildman–Crippen LogP) is 2.61. The molecule has 0 unspecified atom stereocenters. The molecule has 0 aliphatic carbocycles. The minimum atomic E-state index is -1.02. The summed E-state index contributed by atoms with van der Waals surface area (Å²) in [6.45, 7) is 5.65. The molecule has 0 aromatic carbocycles. The highest BCUT2D eigenvalue weighted by Crippen LogP contribution is 2.32. The van der Waals surface area contributed by atoms with Crippen molar-refractivity contribution in [3.05, 3.63) is 16.0 Å². The zero-order valence-corrected chi connectivity index (χ0v) is 13.0. The van der Waals surface area contributed by atoms with E-state index in [4.69, 9.17) is 4.74 Å². The van der Waals surface area contributed by atoms with E-state index in [0.717, 1.165) is 30.9 Å². The maximum atomic E-state index is 11.9. The average molecular weight is 312 g/mol. The summed E-state index contributed by atoms with van der Waals surface area (Å²) in [7, 11) is 0. The van der Waals surface area contributed by atoms with Crippen molar-refractivity contribution >= 4 is 28.3 Å². The molecule has 2 amide bonds. The lowest BCUT2D eigenvalue weighted by molar-refractivity contribution is 0.0670. The average Bonchev–Trinajstić information content (AvgIpc) is 2.72. The standard InChI is InChI=1S/C14H20N2O4S/c1-8-9(2)21-12(11(8)13(17)18)16-14(19)15-7-10-3-5-20-6-4-10/h10H,3-7H2,1-2H3,(H,17,18)(H2,15,16,19). The van der Waals surface area contributed by atoms with Crippen molar-refractivity contribution in [2.75, 3.05) is 25.1 Å². The first-order valence-corrected chi connectivity index (χ1v) is 7.76. The van der Waals surface area contributed by atoms with Crippen LogP contribution in [0.2, 0.25) is 0 Å². The maximum Gasteiger partial charge on any atom is 0.338 e. The van der Waals surface area contributed by atoms with Gasteiger partial charge in [0.05, 0.1) is 5.56 Å². The summed E-state index contributed by atoms with van der Waals surface area (Å²) in [5.74, 6) is -0.591. The fraction of sp³-hybridized carbons (Fsp3) is 0.571. The van der Waals surface area contributed by atoms with Crippen molar-refractivity contribution < 1.29 is 19.4 Å². The molecular formula is C14H20N2O4S. The van der Waals surface area contributed by atoms with E-state index in [1.165, 1.54) is 11.3 Å². The number of aromatic carboxylic acids is 1. The van der Waals surface area contributed by atoms with Crippen molar-refractivity contribution in [1.82, 2.24) is 5.32 Å². The third kappa shape index (κ3) is 3.95. The molecular weight excluding hydrogens is 292 g/mol. The number of aryl methyl sites for hydroxylation is 1. The highest BCUT2D eigenvalue weighted by molar-refractivity contribution is 7.16. The third-order valence-electron chi connectivity index (χ3n) is 3.72. The van der Waals surface area contributed by atoms with Gasteiger partial charge in [-0.2, -0.15) is 0 Å². The maximum absolute atomic E-state index is 11.9. The van der Waals surface area contributed by atoms with Crippen molar-refractivity contribution in [2.24, 2.45) is 5.92 Å². The van der Waals surface area contributed by atoms with Crippen LogP contribution in [-0.4, -0.2) is 36.9 Å². The van der Waals surface area contributed by atoms with Crippen LogP contribution in [0.4, 0.5) is 9.80 Å². The first kappa shape index (κ1) is 15.8. The Kier molecular flexibility index (Phi) is 5.19. The lowest BCUT2D eigenvalue weighted by Crippen LogP contribution is -2.35. The molecule has 6 nitrogen and oxygen atoms in total. The van der Waals surface area contributed by atoms with Gasteiger partial charge in [-0.1, -0.05) is 0 Å². The summed E-state index contributed by atoms with van der Waals surface area (Å²) in [4.78, 5) is 24.1. The SMILES string of the molecule is Cc1sc(NC(=O)NCC2CCOCC2)c(C(=O)O)c1C. The minimum Gasteiger partial charge on any atom is -0.478 e. The number of carboxylic acids is 1. The van der Waals surface area contributed by atoms with Gasteiger partial charge >= 0.3 is 12.0 Å². The summed E-state index contributed by atoms with van der Waals surface area (Å²) >= 11 is 1.29. The number of carbonyl (C=O) groups excluding carboxylic acids is 1. The van der Waals surface area contributed by atoms with Crippen LogP contribution in [-0.2, 0) is 4.74 Å². The zero-order valence-electron chi connectivity index (χ0n) is 12.2. The number of anilines is 1. The van der Waals surface area contributed by atoms with Gasteiger partial charge < -0.3 is 15.2 Å². The van der Waals surface area contributed by atoms with Crippen molar-refractivity contribution in [3.8, 4) is 0 Å². The predicted molar refractivity (Wildman–Crippen MR) is 81.3 cm³/mol. The van der Waals surface area contributed by atoms with Gasteiger partial charge in [0.25, 0.3) is 0 Å². The Morgan fingerprint density at radius 2 is 2.00 bits per heavy atom. The quantitative estimate of drug-likeness (QED) is 0.797. The number of urea groups is 1. The molecule has 2 heterocycles. The Morgan fingerprint density at radius 3 is 2.62 bits per heavy atom. The molecule has 1 saturated heterocycles. The summed E-state index contributed by atoms with van der Waals surface area (Å²) in [6.07, 6.45) is 1.88. The molecule has 3 N–H and O–H groups in total. The summed E-state index contributed by atoms with van der Waals surface area (Å²) in [5, 5.41) is 15.1. The first-order valence-electron chi connectivity index (χ1n) is 6.95. The molecule has 2 rings (SSSR count).